The minimum absolute atomic E-state index is 0.0411. The molecule has 0 radical (unpaired) electrons. The first-order chi connectivity index (χ1) is 7.09. The number of nitro benzene ring substituents is 1. The third-order valence-electron chi connectivity index (χ3n) is 2.64. The average molecular weight is 267 g/mol. The van der Waals surface area contributed by atoms with Gasteiger partial charge in [0, 0.05) is 16.6 Å². The number of rotatable bonds is 2. The third-order valence-corrected chi connectivity index (χ3v) is 3.30. The van der Waals surface area contributed by atoms with E-state index >= 15 is 0 Å². The molecule has 0 amide bonds. The number of nitro groups is 1. The molecule has 2 rings (SSSR count). The highest BCUT2D eigenvalue weighted by Crippen LogP contribution is 2.50. The van der Waals surface area contributed by atoms with Crippen LogP contribution in [0.1, 0.15) is 18.4 Å². The number of benzene rings is 1. The predicted octanol–water partition coefficient (Wildman–Crippen LogP) is 2.91. The molecule has 1 saturated carbocycles. The Balaban J connectivity index is 2.45. The Bertz CT molecular complexity index is 475. The van der Waals surface area contributed by atoms with Crippen LogP contribution in [-0.2, 0) is 5.41 Å². The van der Waals surface area contributed by atoms with Crippen LogP contribution in [0.15, 0.2) is 22.7 Å². The molecular weight excluding hydrogens is 260 g/mol. The number of hydrogen-bond acceptors (Lipinski definition) is 3. The van der Waals surface area contributed by atoms with Crippen LogP contribution in [0.3, 0.4) is 0 Å². The third kappa shape index (κ3) is 1.61. The molecule has 4 nitrogen and oxygen atoms in total. The van der Waals surface area contributed by atoms with Crippen molar-refractivity contribution >= 4 is 21.6 Å². The van der Waals surface area contributed by atoms with E-state index in [1.165, 1.54) is 12.1 Å². The standard InChI is InChI=1S/C10H7BrN2O2/c11-9-5-7(13(14)15)1-2-8(9)10(6-12)3-4-10/h1-2,5H,3-4H2. The molecule has 0 bridgehead atoms. The van der Waals surface area contributed by atoms with Gasteiger partial charge in [-0.25, -0.2) is 0 Å². The van der Waals surface area contributed by atoms with Gasteiger partial charge in [0.05, 0.1) is 16.4 Å². The van der Waals surface area contributed by atoms with Crippen molar-refractivity contribution in [1.29, 1.82) is 5.26 Å². The van der Waals surface area contributed by atoms with Crippen molar-refractivity contribution < 1.29 is 4.92 Å². The number of nitrogens with zero attached hydrogens (tertiary/aromatic N) is 2. The maximum Gasteiger partial charge on any atom is 0.270 e. The summed E-state index contributed by atoms with van der Waals surface area (Å²) in [5, 5.41) is 19.5. The molecule has 0 aliphatic heterocycles. The Labute approximate surface area is 94.8 Å². The number of nitriles is 1. The minimum Gasteiger partial charge on any atom is -0.258 e. The summed E-state index contributed by atoms with van der Waals surface area (Å²) in [6.07, 6.45) is 1.67. The largest absolute Gasteiger partial charge is 0.270 e. The van der Waals surface area contributed by atoms with E-state index in [0.29, 0.717) is 4.47 Å². The Morgan fingerprint density at radius 1 is 1.53 bits per heavy atom. The molecule has 5 heteroatoms. The Kier molecular flexibility index (Phi) is 2.24. The van der Waals surface area contributed by atoms with Crippen LogP contribution in [0, 0.1) is 21.4 Å². The van der Waals surface area contributed by atoms with Gasteiger partial charge in [-0.15, -0.1) is 0 Å². The second-order valence-corrected chi connectivity index (χ2v) is 4.47. The Hall–Kier alpha value is -1.41. The molecule has 0 aromatic heterocycles. The van der Waals surface area contributed by atoms with Gasteiger partial charge in [-0.3, -0.25) is 10.1 Å². The van der Waals surface area contributed by atoms with Gasteiger partial charge in [-0.1, -0.05) is 15.9 Å². The molecular formula is C10H7BrN2O2. The molecule has 0 saturated heterocycles. The molecule has 76 valence electrons. The van der Waals surface area contributed by atoms with Gasteiger partial charge >= 0.3 is 0 Å². The van der Waals surface area contributed by atoms with Crippen molar-refractivity contribution in [2.45, 2.75) is 18.3 Å². The summed E-state index contributed by atoms with van der Waals surface area (Å²) < 4.78 is 0.649. The normalized spacial score (nSPS) is 16.8. The van der Waals surface area contributed by atoms with E-state index in [2.05, 4.69) is 22.0 Å². The zero-order valence-electron chi connectivity index (χ0n) is 7.74. The van der Waals surface area contributed by atoms with Gasteiger partial charge in [0.25, 0.3) is 5.69 Å². The van der Waals surface area contributed by atoms with Crippen LogP contribution in [0.5, 0.6) is 0 Å². The molecule has 1 aromatic carbocycles. The Morgan fingerprint density at radius 3 is 2.60 bits per heavy atom. The lowest BCUT2D eigenvalue weighted by Crippen LogP contribution is -2.03. The second-order valence-electron chi connectivity index (χ2n) is 3.62. The zero-order valence-corrected chi connectivity index (χ0v) is 9.32. The monoisotopic (exact) mass is 266 g/mol. The highest BCUT2D eigenvalue weighted by molar-refractivity contribution is 9.10. The summed E-state index contributed by atoms with van der Waals surface area (Å²) >= 11 is 3.28. The lowest BCUT2D eigenvalue weighted by atomic mass is 9.98. The average Bonchev–Trinajstić information content (AvgIpc) is 2.98. The summed E-state index contributed by atoms with van der Waals surface area (Å²) in [7, 11) is 0. The van der Waals surface area contributed by atoms with Crippen molar-refractivity contribution in [3.05, 3.63) is 38.3 Å². The van der Waals surface area contributed by atoms with Gasteiger partial charge in [0.1, 0.15) is 0 Å². The van der Waals surface area contributed by atoms with Crippen LogP contribution in [-0.4, -0.2) is 4.92 Å². The van der Waals surface area contributed by atoms with E-state index in [4.69, 9.17) is 5.26 Å². The van der Waals surface area contributed by atoms with Crippen molar-refractivity contribution in [3.63, 3.8) is 0 Å². The van der Waals surface area contributed by atoms with Gasteiger partial charge in [-0.05, 0) is 24.5 Å². The van der Waals surface area contributed by atoms with Crippen LogP contribution < -0.4 is 0 Å². The molecule has 0 heterocycles. The molecule has 0 unspecified atom stereocenters. The van der Waals surface area contributed by atoms with E-state index in [0.717, 1.165) is 18.4 Å². The fourth-order valence-corrected chi connectivity index (χ4v) is 2.32. The fraction of sp³-hybridized carbons (Fsp3) is 0.300. The summed E-state index contributed by atoms with van der Waals surface area (Å²) in [4.78, 5) is 10.1. The Morgan fingerprint density at radius 2 is 2.20 bits per heavy atom. The SMILES string of the molecule is N#CC1(c2ccc([N+](=O)[O-])cc2Br)CC1. The maximum absolute atomic E-state index is 10.5. The summed E-state index contributed by atoms with van der Waals surface area (Å²) in [6, 6.07) is 6.82. The van der Waals surface area contributed by atoms with Crippen LogP contribution in [0.2, 0.25) is 0 Å². The highest BCUT2D eigenvalue weighted by atomic mass is 79.9. The van der Waals surface area contributed by atoms with Crippen LogP contribution >= 0.6 is 15.9 Å². The smallest absolute Gasteiger partial charge is 0.258 e. The van der Waals surface area contributed by atoms with Gasteiger partial charge < -0.3 is 0 Å². The first-order valence-corrected chi connectivity index (χ1v) is 5.24. The zero-order chi connectivity index (χ0) is 11.1. The molecule has 1 aliphatic rings. The number of halogens is 1. The molecule has 1 aromatic rings. The summed E-state index contributed by atoms with van der Waals surface area (Å²) in [5.74, 6) is 0. The second kappa shape index (κ2) is 3.31. The van der Waals surface area contributed by atoms with Gasteiger partial charge in [0.15, 0.2) is 0 Å². The first-order valence-electron chi connectivity index (χ1n) is 4.45. The van der Waals surface area contributed by atoms with Crippen molar-refractivity contribution in [2.24, 2.45) is 0 Å². The molecule has 0 N–H and O–H groups in total. The summed E-state index contributed by atoms with van der Waals surface area (Å²) in [5.41, 5.74) is 0.489. The van der Waals surface area contributed by atoms with Crippen LogP contribution in [0.4, 0.5) is 5.69 Å². The topological polar surface area (TPSA) is 66.9 Å². The number of hydrogen-bond donors (Lipinski definition) is 0. The van der Waals surface area contributed by atoms with Gasteiger partial charge in [0.2, 0.25) is 0 Å². The van der Waals surface area contributed by atoms with Crippen LogP contribution in [0.25, 0.3) is 0 Å². The first kappa shape index (κ1) is 10.1. The highest BCUT2D eigenvalue weighted by Gasteiger charge is 2.46. The number of non-ortho nitro benzene ring substituents is 1. The molecule has 1 aliphatic carbocycles. The summed E-state index contributed by atoms with van der Waals surface area (Å²) in [6.45, 7) is 0. The van der Waals surface area contributed by atoms with Gasteiger partial charge in [-0.2, -0.15) is 5.26 Å². The molecule has 15 heavy (non-hydrogen) atoms. The van der Waals surface area contributed by atoms with E-state index in [-0.39, 0.29) is 5.69 Å². The quantitative estimate of drug-likeness (QED) is 0.611. The van der Waals surface area contributed by atoms with Crippen molar-refractivity contribution in [2.75, 3.05) is 0 Å². The maximum atomic E-state index is 10.5. The molecule has 0 spiro atoms. The van der Waals surface area contributed by atoms with E-state index in [9.17, 15) is 10.1 Å². The minimum atomic E-state index is -0.444. The molecule has 0 atom stereocenters. The predicted molar refractivity (Wildman–Crippen MR) is 57.3 cm³/mol. The van der Waals surface area contributed by atoms with Crippen molar-refractivity contribution in [1.82, 2.24) is 0 Å². The van der Waals surface area contributed by atoms with E-state index in [1.807, 2.05) is 0 Å². The molecule has 1 fully saturated rings. The lowest BCUT2D eigenvalue weighted by molar-refractivity contribution is -0.384. The lowest BCUT2D eigenvalue weighted by Gasteiger charge is -2.07. The van der Waals surface area contributed by atoms with Crippen molar-refractivity contribution in [3.8, 4) is 6.07 Å². The van der Waals surface area contributed by atoms with E-state index in [1.54, 1.807) is 6.07 Å². The van der Waals surface area contributed by atoms with E-state index < -0.39 is 10.3 Å². The fourth-order valence-electron chi connectivity index (χ4n) is 1.57.